The van der Waals surface area contributed by atoms with Gasteiger partial charge in [0.2, 0.25) is 5.82 Å². The number of hydrogen-bond donors (Lipinski definition) is 1. The van der Waals surface area contributed by atoms with Crippen molar-refractivity contribution < 1.29 is 4.92 Å². The maximum atomic E-state index is 10.8. The lowest BCUT2D eigenvalue weighted by molar-refractivity contribution is -0.384. The lowest BCUT2D eigenvalue weighted by Gasteiger charge is -2.06. The van der Waals surface area contributed by atoms with E-state index in [1.54, 1.807) is 0 Å². The Morgan fingerprint density at radius 3 is 2.94 bits per heavy atom. The molecule has 7 heteroatoms. The molecule has 100 valence electrons. The molecule has 0 saturated heterocycles. The number of nitro groups is 1. The molecule has 0 atom stereocenters. The minimum atomic E-state index is -0.477. The molecule has 1 heterocycles. The predicted molar refractivity (Wildman–Crippen MR) is 76.6 cm³/mol. The Balaban J connectivity index is 2.44. The number of thioether (sulfide) groups is 1. The number of rotatable bonds is 8. The molecule has 1 N–H and O–H groups in total. The molecule has 0 aromatic carbocycles. The zero-order valence-electron chi connectivity index (χ0n) is 10.2. The van der Waals surface area contributed by atoms with Crippen LogP contribution < -0.4 is 5.32 Å². The average Bonchev–Trinajstić information content (AvgIpc) is 2.35. The number of aromatic nitrogens is 1. The van der Waals surface area contributed by atoms with Gasteiger partial charge in [-0.05, 0) is 24.9 Å². The fourth-order valence-electron chi connectivity index (χ4n) is 1.46. The molecule has 0 aliphatic heterocycles. The molecule has 0 aliphatic carbocycles. The first kappa shape index (κ1) is 15.0. The number of hydrogen-bond acceptors (Lipinski definition) is 5. The Morgan fingerprint density at radius 2 is 2.28 bits per heavy atom. The van der Waals surface area contributed by atoms with Gasteiger partial charge in [-0.25, -0.2) is 4.98 Å². The number of pyridine rings is 1. The number of anilines is 1. The molecule has 0 radical (unpaired) electrons. The molecular formula is C11H16ClN3O2S. The van der Waals surface area contributed by atoms with Crippen LogP contribution in [0, 0.1) is 10.1 Å². The average molecular weight is 290 g/mol. The van der Waals surface area contributed by atoms with E-state index in [0.717, 1.165) is 18.6 Å². The zero-order chi connectivity index (χ0) is 13.4. The molecule has 5 nitrogen and oxygen atoms in total. The van der Waals surface area contributed by atoms with Gasteiger partial charge in [0.15, 0.2) is 0 Å². The number of unbranched alkanes of at least 4 members (excludes halogenated alkanes) is 2. The summed E-state index contributed by atoms with van der Waals surface area (Å²) >= 11 is 7.51. The second kappa shape index (κ2) is 8.16. The Kier molecular flexibility index (Phi) is 6.82. The predicted octanol–water partition coefficient (Wildman–Crippen LogP) is 3.59. The molecule has 0 spiro atoms. The third kappa shape index (κ3) is 5.10. The summed E-state index contributed by atoms with van der Waals surface area (Å²) in [4.78, 5) is 14.3. The summed E-state index contributed by atoms with van der Waals surface area (Å²) in [6.07, 6.45) is 6.74. The van der Waals surface area contributed by atoms with Crippen LogP contribution in [0.1, 0.15) is 19.3 Å². The largest absolute Gasteiger partial charge is 0.364 e. The second-order valence-corrected chi connectivity index (χ2v) is 5.18. The maximum absolute atomic E-state index is 10.8. The Hall–Kier alpha value is -1.01. The summed E-state index contributed by atoms with van der Waals surface area (Å²) in [6.45, 7) is 0.684. The van der Waals surface area contributed by atoms with Crippen LogP contribution in [0.3, 0.4) is 0 Å². The summed E-state index contributed by atoms with van der Waals surface area (Å²) in [7, 11) is 0. The third-order valence-corrected chi connectivity index (χ3v) is 3.25. The fourth-order valence-corrected chi connectivity index (χ4v) is 2.10. The number of nitrogens with one attached hydrogen (secondary N) is 1. The summed E-state index contributed by atoms with van der Waals surface area (Å²) in [5.74, 6) is 1.44. The van der Waals surface area contributed by atoms with Crippen molar-refractivity contribution in [2.45, 2.75) is 19.3 Å². The first-order valence-electron chi connectivity index (χ1n) is 5.68. The summed E-state index contributed by atoms with van der Waals surface area (Å²) in [5.41, 5.74) is -0.0772. The smallest absolute Gasteiger partial charge is 0.312 e. The maximum Gasteiger partial charge on any atom is 0.312 e. The molecule has 18 heavy (non-hydrogen) atoms. The van der Waals surface area contributed by atoms with Gasteiger partial charge in [0.1, 0.15) is 0 Å². The molecule has 0 aliphatic rings. The topological polar surface area (TPSA) is 68.1 Å². The second-order valence-electron chi connectivity index (χ2n) is 3.76. The van der Waals surface area contributed by atoms with Crippen LogP contribution >= 0.6 is 23.4 Å². The van der Waals surface area contributed by atoms with Crippen LogP contribution in [0.25, 0.3) is 0 Å². The quantitative estimate of drug-likeness (QED) is 0.450. The Labute approximate surface area is 115 Å². The normalized spacial score (nSPS) is 10.3. The van der Waals surface area contributed by atoms with Gasteiger partial charge in [-0.2, -0.15) is 11.8 Å². The van der Waals surface area contributed by atoms with Crippen molar-refractivity contribution >= 4 is 34.9 Å². The van der Waals surface area contributed by atoms with Crippen molar-refractivity contribution in [3.05, 3.63) is 27.4 Å². The minimum absolute atomic E-state index is 0.0772. The molecule has 1 aromatic heterocycles. The van der Waals surface area contributed by atoms with Gasteiger partial charge in [-0.15, -0.1) is 0 Å². The van der Waals surface area contributed by atoms with Crippen molar-refractivity contribution in [2.75, 3.05) is 23.9 Å². The van der Waals surface area contributed by atoms with Crippen LogP contribution in [0.15, 0.2) is 12.3 Å². The molecule has 0 amide bonds. The van der Waals surface area contributed by atoms with Gasteiger partial charge < -0.3 is 5.32 Å². The van der Waals surface area contributed by atoms with Gasteiger partial charge in [0.25, 0.3) is 0 Å². The highest BCUT2D eigenvalue weighted by Crippen LogP contribution is 2.24. The molecular weight excluding hydrogens is 274 g/mol. The highest BCUT2D eigenvalue weighted by Gasteiger charge is 2.15. The first-order valence-corrected chi connectivity index (χ1v) is 7.45. The third-order valence-electron chi connectivity index (χ3n) is 2.35. The highest BCUT2D eigenvalue weighted by atomic mass is 35.5. The van der Waals surface area contributed by atoms with Crippen LogP contribution in [-0.2, 0) is 0 Å². The van der Waals surface area contributed by atoms with Gasteiger partial charge >= 0.3 is 5.69 Å². The molecule has 1 aromatic rings. The Bertz CT molecular complexity index is 404. The monoisotopic (exact) mass is 289 g/mol. The van der Waals surface area contributed by atoms with Crippen molar-refractivity contribution in [1.29, 1.82) is 0 Å². The minimum Gasteiger partial charge on any atom is -0.364 e. The van der Waals surface area contributed by atoms with Crippen molar-refractivity contribution in [1.82, 2.24) is 4.98 Å². The molecule has 0 bridgehead atoms. The van der Waals surface area contributed by atoms with E-state index in [-0.39, 0.29) is 16.5 Å². The van der Waals surface area contributed by atoms with E-state index >= 15 is 0 Å². The number of halogens is 1. The Morgan fingerprint density at radius 1 is 1.50 bits per heavy atom. The zero-order valence-corrected chi connectivity index (χ0v) is 11.8. The molecule has 0 saturated carbocycles. The van der Waals surface area contributed by atoms with Crippen LogP contribution in [-0.4, -0.2) is 28.5 Å². The van der Waals surface area contributed by atoms with E-state index < -0.39 is 4.92 Å². The van der Waals surface area contributed by atoms with Gasteiger partial charge in [-0.3, -0.25) is 10.1 Å². The van der Waals surface area contributed by atoms with Gasteiger partial charge in [0, 0.05) is 18.8 Å². The van der Waals surface area contributed by atoms with Crippen molar-refractivity contribution in [2.24, 2.45) is 0 Å². The number of nitrogens with zero attached hydrogens (tertiary/aromatic N) is 2. The lowest BCUT2D eigenvalue weighted by Crippen LogP contribution is -2.06. The summed E-state index contributed by atoms with van der Waals surface area (Å²) in [5, 5.41) is 14.1. The van der Waals surface area contributed by atoms with E-state index in [2.05, 4.69) is 16.6 Å². The molecule has 0 fully saturated rings. The summed E-state index contributed by atoms with van der Waals surface area (Å²) < 4.78 is 0. The van der Waals surface area contributed by atoms with E-state index in [4.69, 9.17) is 11.6 Å². The van der Waals surface area contributed by atoms with Crippen molar-refractivity contribution in [3.8, 4) is 0 Å². The van der Waals surface area contributed by atoms with E-state index in [9.17, 15) is 10.1 Å². The van der Waals surface area contributed by atoms with Gasteiger partial charge in [-0.1, -0.05) is 18.0 Å². The molecule has 1 rings (SSSR count). The standard InChI is InChI=1S/C11H16ClN3O2S/c1-18-6-4-2-3-5-13-11-10(15(16)17)7-9(12)8-14-11/h7-8H,2-6H2,1H3,(H,13,14). The fraction of sp³-hybridized carbons (Fsp3) is 0.545. The molecule has 0 unspecified atom stereocenters. The first-order chi connectivity index (χ1) is 8.65. The van der Waals surface area contributed by atoms with E-state index in [1.807, 2.05) is 11.8 Å². The van der Waals surface area contributed by atoms with Gasteiger partial charge in [0.05, 0.1) is 9.95 Å². The van der Waals surface area contributed by atoms with Crippen molar-refractivity contribution in [3.63, 3.8) is 0 Å². The van der Waals surface area contributed by atoms with E-state index in [1.165, 1.54) is 18.7 Å². The van der Waals surface area contributed by atoms with Crippen LogP contribution in [0.5, 0.6) is 0 Å². The van der Waals surface area contributed by atoms with Crippen LogP contribution in [0.2, 0.25) is 5.02 Å². The lowest BCUT2D eigenvalue weighted by atomic mass is 10.2. The summed E-state index contributed by atoms with van der Waals surface area (Å²) in [6, 6.07) is 1.31. The SMILES string of the molecule is CSCCCCCNc1ncc(Cl)cc1[N+](=O)[O-]. The van der Waals surface area contributed by atoms with E-state index in [0.29, 0.717) is 6.54 Å². The van der Waals surface area contributed by atoms with Crippen LogP contribution in [0.4, 0.5) is 11.5 Å². The highest BCUT2D eigenvalue weighted by molar-refractivity contribution is 7.98.